The molecule has 6 nitrogen and oxygen atoms in total. The van der Waals surface area contributed by atoms with Crippen molar-refractivity contribution in [1.29, 1.82) is 0 Å². The highest BCUT2D eigenvalue weighted by atomic mass is 127. The van der Waals surface area contributed by atoms with E-state index in [1.165, 1.54) is 0 Å². The maximum atomic E-state index is 12.3. The fraction of sp³-hybridized carbons (Fsp3) is 0.381. The second-order valence-corrected chi connectivity index (χ2v) is 7.83. The van der Waals surface area contributed by atoms with E-state index < -0.39 is 0 Å². The van der Waals surface area contributed by atoms with Gasteiger partial charge >= 0.3 is 0 Å². The summed E-state index contributed by atoms with van der Waals surface area (Å²) in [6.07, 6.45) is 0. The van der Waals surface area contributed by atoms with Gasteiger partial charge < -0.3 is 14.8 Å². The number of halogens is 1. The van der Waals surface area contributed by atoms with Crippen LogP contribution in [-0.4, -0.2) is 68.7 Å². The maximum absolute atomic E-state index is 12.3. The Morgan fingerprint density at radius 2 is 1.64 bits per heavy atom. The van der Waals surface area contributed by atoms with Crippen LogP contribution in [0.3, 0.4) is 0 Å². The van der Waals surface area contributed by atoms with Gasteiger partial charge in [0.05, 0.1) is 19.3 Å². The van der Waals surface area contributed by atoms with Gasteiger partial charge in [-0.15, -0.1) is 0 Å². The minimum Gasteiger partial charge on any atom is -0.497 e. The zero-order valence-electron chi connectivity index (χ0n) is 16.1. The van der Waals surface area contributed by atoms with Gasteiger partial charge in [0.2, 0.25) is 5.91 Å². The van der Waals surface area contributed by atoms with E-state index in [2.05, 4.69) is 37.7 Å². The molecule has 1 fully saturated rings. The van der Waals surface area contributed by atoms with Gasteiger partial charge in [-0.3, -0.25) is 14.6 Å². The van der Waals surface area contributed by atoms with Crippen molar-refractivity contribution in [2.75, 3.05) is 58.3 Å². The summed E-state index contributed by atoms with van der Waals surface area (Å²) in [5.41, 5.74) is 0.877. The van der Waals surface area contributed by atoms with Crippen LogP contribution in [0.1, 0.15) is 0 Å². The molecule has 0 unspecified atom stereocenters. The van der Waals surface area contributed by atoms with Crippen LogP contribution in [-0.2, 0) is 4.79 Å². The molecule has 0 aromatic heterocycles. The number of piperazine rings is 1. The highest BCUT2D eigenvalue weighted by molar-refractivity contribution is 14.1. The molecular formula is C21H26IN3O3. The summed E-state index contributed by atoms with van der Waals surface area (Å²) in [4.78, 5) is 16.9. The number of hydrogen-bond donors (Lipinski definition) is 1. The van der Waals surface area contributed by atoms with Crippen LogP contribution < -0.4 is 14.8 Å². The number of hydrogen-bond acceptors (Lipinski definition) is 5. The van der Waals surface area contributed by atoms with Gasteiger partial charge in [-0.1, -0.05) is 12.1 Å². The molecule has 0 spiro atoms. The van der Waals surface area contributed by atoms with Crippen LogP contribution in [0.25, 0.3) is 0 Å². The van der Waals surface area contributed by atoms with Crippen molar-refractivity contribution in [3.63, 3.8) is 0 Å². The largest absolute Gasteiger partial charge is 0.497 e. The van der Waals surface area contributed by atoms with E-state index in [9.17, 15) is 4.79 Å². The molecule has 0 bridgehead atoms. The van der Waals surface area contributed by atoms with Crippen molar-refractivity contribution in [3.05, 3.63) is 52.1 Å². The van der Waals surface area contributed by atoms with Crippen molar-refractivity contribution < 1.29 is 14.3 Å². The van der Waals surface area contributed by atoms with Gasteiger partial charge in [0, 0.05) is 36.3 Å². The third-order valence-electron chi connectivity index (χ3n) is 4.72. The van der Waals surface area contributed by atoms with E-state index in [0.29, 0.717) is 13.2 Å². The Labute approximate surface area is 179 Å². The smallest absolute Gasteiger partial charge is 0.238 e. The molecule has 2 aromatic rings. The van der Waals surface area contributed by atoms with Crippen LogP contribution in [0.5, 0.6) is 11.5 Å². The van der Waals surface area contributed by atoms with Gasteiger partial charge in [0.25, 0.3) is 0 Å². The highest BCUT2D eigenvalue weighted by Gasteiger charge is 2.19. The Morgan fingerprint density at radius 1 is 1.00 bits per heavy atom. The molecule has 2 aromatic carbocycles. The van der Waals surface area contributed by atoms with Gasteiger partial charge in [0.15, 0.2) is 0 Å². The molecule has 150 valence electrons. The number of benzene rings is 2. The second kappa shape index (κ2) is 10.6. The summed E-state index contributed by atoms with van der Waals surface area (Å²) in [6, 6.07) is 15.5. The number of carbonyl (C=O) groups is 1. The number of rotatable bonds is 8. The third-order valence-corrected chi connectivity index (χ3v) is 5.66. The average Bonchev–Trinajstić information content (AvgIpc) is 2.71. The van der Waals surface area contributed by atoms with E-state index in [4.69, 9.17) is 9.47 Å². The van der Waals surface area contributed by atoms with Crippen molar-refractivity contribution in [1.82, 2.24) is 9.80 Å². The van der Waals surface area contributed by atoms with Crippen LogP contribution in [0.15, 0.2) is 48.5 Å². The molecule has 1 N–H and O–H groups in total. The SMILES string of the molecule is COc1ccc(OCCN2CCN(CC(=O)Nc3ccccc3I)CC2)cc1. The summed E-state index contributed by atoms with van der Waals surface area (Å²) in [5.74, 6) is 1.72. The lowest BCUT2D eigenvalue weighted by Gasteiger charge is -2.34. The summed E-state index contributed by atoms with van der Waals surface area (Å²) in [7, 11) is 1.65. The molecule has 1 heterocycles. The lowest BCUT2D eigenvalue weighted by atomic mass is 10.3. The van der Waals surface area contributed by atoms with Gasteiger partial charge in [0.1, 0.15) is 18.1 Å². The Kier molecular flexibility index (Phi) is 7.93. The number of methoxy groups -OCH3 is 1. The number of amides is 1. The van der Waals surface area contributed by atoms with Crippen LogP contribution in [0.4, 0.5) is 5.69 Å². The van der Waals surface area contributed by atoms with E-state index >= 15 is 0 Å². The number of nitrogens with zero attached hydrogens (tertiary/aromatic N) is 2. The van der Waals surface area contributed by atoms with Crippen molar-refractivity contribution in [3.8, 4) is 11.5 Å². The number of anilines is 1. The van der Waals surface area contributed by atoms with E-state index in [-0.39, 0.29) is 5.91 Å². The topological polar surface area (TPSA) is 54.0 Å². The summed E-state index contributed by atoms with van der Waals surface area (Å²) in [5, 5.41) is 3.00. The quantitative estimate of drug-likeness (QED) is 0.571. The fourth-order valence-electron chi connectivity index (χ4n) is 3.09. The zero-order chi connectivity index (χ0) is 19.8. The molecule has 1 amide bonds. The van der Waals surface area contributed by atoms with Gasteiger partial charge in [-0.25, -0.2) is 0 Å². The Hall–Kier alpha value is -1.84. The molecule has 1 saturated heterocycles. The lowest BCUT2D eigenvalue weighted by Crippen LogP contribution is -2.49. The number of nitrogens with one attached hydrogen (secondary N) is 1. The predicted molar refractivity (Wildman–Crippen MR) is 119 cm³/mol. The van der Waals surface area contributed by atoms with Crippen molar-refractivity contribution in [2.45, 2.75) is 0 Å². The standard InChI is InChI=1S/C21H26IN3O3/c1-27-17-6-8-18(9-7-17)28-15-14-24-10-12-25(13-11-24)16-21(26)23-20-5-3-2-4-19(20)22/h2-9H,10-16H2,1H3,(H,23,26). The number of ether oxygens (including phenoxy) is 2. The normalized spacial score (nSPS) is 15.2. The van der Waals surface area contributed by atoms with E-state index in [0.717, 1.165) is 53.5 Å². The van der Waals surface area contributed by atoms with E-state index in [1.807, 2.05) is 48.5 Å². The summed E-state index contributed by atoms with van der Waals surface area (Å²) in [6.45, 7) is 5.64. The van der Waals surface area contributed by atoms with Crippen LogP contribution >= 0.6 is 22.6 Å². The van der Waals surface area contributed by atoms with Crippen molar-refractivity contribution >= 4 is 34.2 Å². The highest BCUT2D eigenvalue weighted by Crippen LogP contribution is 2.18. The van der Waals surface area contributed by atoms with Crippen LogP contribution in [0, 0.1) is 3.57 Å². The average molecular weight is 495 g/mol. The number of para-hydroxylation sites is 1. The first-order valence-corrected chi connectivity index (χ1v) is 10.5. The monoisotopic (exact) mass is 495 g/mol. The molecule has 28 heavy (non-hydrogen) atoms. The Bertz CT molecular complexity index is 762. The molecule has 1 aliphatic rings. The first-order valence-electron chi connectivity index (χ1n) is 9.40. The maximum Gasteiger partial charge on any atom is 0.238 e. The Balaban J connectivity index is 1.33. The first-order chi connectivity index (χ1) is 13.6. The lowest BCUT2D eigenvalue weighted by molar-refractivity contribution is -0.117. The molecule has 0 atom stereocenters. The first kappa shape index (κ1) is 20.9. The van der Waals surface area contributed by atoms with Crippen LogP contribution in [0.2, 0.25) is 0 Å². The molecule has 0 aliphatic carbocycles. The van der Waals surface area contributed by atoms with Gasteiger partial charge in [-0.2, -0.15) is 0 Å². The minimum absolute atomic E-state index is 0.0420. The Morgan fingerprint density at radius 3 is 2.32 bits per heavy atom. The minimum atomic E-state index is 0.0420. The second-order valence-electron chi connectivity index (χ2n) is 6.67. The summed E-state index contributed by atoms with van der Waals surface area (Å²) < 4.78 is 12.0. The molecular weight excluding hydrogens is 469 g/mol. The fourth-order valence-corrected chi connectivity index (χ4v) is 3.61. The van der Waals surface area contributed by atoms with Crippen molar-refractivity contribution in [2.24, 2.45) is 0 Å². The van der Waals surface area contributed by atoms with E-state index in [1.54, 1.807) is 7.11 Å². The number of carbonyl (C=O) groups excluding carboxylic acids is 1. The van der Waals surface area contributed by atoms with Gasteiger partial charge in [-0.05, 0) is 59.0 Å². The predicted octanol–water partition coefficient (Wildman–Crippen LogP) is 2.93. The zero-order valence-corrected chi connectivity index (χ0v) is 18.2. The third kappa shape index (κ3) is 6.35. The molecule has 0 radical (unpaired) electrons. The molecule has 7 heteroatoms. The molecule has 0 saturated carbocycles. The summed E-state index contributed by atoms with van der Waals surface area (Å²) >= 11 is 2.23. The molecule has 3 rings (SSSR count). The molecule has 1 aliphatic heterocycles.